The first kappa shape index (κ1) is 47.8. The van der Waals surface area contributed by atoms with E-state index >= 15 is 9.13 Å². The maximum atomic E-state index is 15.6. The fraction of sp³-hybridized carbons (Fsp3) is 0.176. The largest absolute Gasteiger partial charge is 0.314 e. The molecule has 0 bridgehead atoms. The van der Waals surface area contributed by atoms with Crippen molar-refractivity contribution < 1.29 is 9.13 Å². The van der Waals surface area contributed by atoms with Crippen molar-refractivity contribution in [1.82, 2.24) is 0 Å². The van der Waals surface area contributed by atoms with Crippen molar-refractivity contribution in [2.45, 2.75) is 48.5 Å². The topological polar surface area (TPSA) is 34.1 Å². The maximum Gasteiger partial charge on any atom is 0.147 e. The fourth-order valence-corrected chi connectivity index (χ4v) is 11.3. The van der Waals surface area contributed by atoms with E-state index in [4.69, 9.17) is 0 Å². The van der Waals surface area contributed by atoms with Crippen LogP contribution in [0, 0.1) is 12.8 Å². The van der Waals surface area contributed by atoms with Gasteiger partial charge in [0.15, 0.2) is 0 Å². The standard InChI is InChI=1S/C40H40O2P2.C4H6.C3H6.C2H6.C2H2/c1-5-8-18-31(4)43(41,29-9-6-2)37-27-25-32-19-14-16-23-35(32)39(37)40-36-24-17-15-20-33(36)26-28-38(40)44(42,30-10-7-3)34-21-12-11-13-22-34;1-3-4-2;1-3-2;2*1-2/h5-28H,29-30H2,1-4H3;3-4H,1-2H2;3H,1H2,2H3;1-2H3;1-2H/b8-5-,9-6-,10-7-,31-18+;;;;. The van der Waals surface area contributed by atoms with Crippen molar-refractivity contribution in [3.63, 3.8) is 0 Å². The Morgan fingerprint density at radius 1 is 0.600 bits per heavy atom. The zero-order valence-electron chi connectivity index (χ0n) is 34.0. The lowest BCUT2D eigenvalue weighted by molar-refractivity contribution is 0.586. The van der Waals surface area contributed by atoms with Crippen LogP contribution in [0.2, 0.25) is 0 Å². The van der Waals surface area contributed by atoms with Crippen molar-refractivity contribution in [2.24, 2.45) is 0 Å². The number of rotatable bonds is 11. The van der Waals surface area contributed by atoms with Crippen LogP contribution >= 0.6 is 14.3 Å². The Balaban J connectivity index is 0.00000124. The van der Waals surface area contributed by atoms with Gasteiger partial charge in [-0.25, -0.2) is 0 Å². The minimum absolute atomic E-state index is 0.398. The molecule has 0 amide bonds. The first-order valence-electron chi connectivity index (χ1n) is 18.7. The highest BCUT2D eigenvalue weighted by molar-refractivity contribution is 7.79. The van der Waals surface area contributed by atoms with Crippen LogP contribution in [0.4, 0.5) is 0 Å². The first-order chi connectivity index (χ1) is 26.7. The quantitative estimate of drug-likeness (QED) is 0.0581. The molecule has 4 heteroatoms. The molecule has 0 aliphatic heterocycles. The highest BCUT2D eigenvalue weighted by Crippen LogP contribution is 2.57. The van der Waals surface area contributed by atoms with E-state index in [1.54, 1.807) is 18.2 Å². The number of terminal acetylenes is 1. The molecule has 5 aromatic rings. The maximum absolute atomic E-state index is 15.6. The lowest BCUT2D eigenvalue weighted by Crippen LogP contribution is -2.23. The van der Waals surface area contributed by atoms with Gasteiger partial charge in [0.2, 0.25) is 0 Å². The molecule has 2 atom stereocenters. The highest BCUT2D eigenvalue weighted by atomic mass is 31.2. The average Bonchev–Trinajstić information content (AvgIpc) is 3.25. The second kappa shape index (κ2) is 25.8. The Morgan fingerprint density at radius 2 is 1.04 bits per heavy atom. The molecule has 0 aliphatic carbocycles. The second-order valence-corrected chi connectivity index (χ2v) is 17.8. The molecule has 0 fully saturated rings. The predicted molar refractivity (Wildman–Crippen MR) is 253 cm³/mol. The van der Waals surface area contributed by atoms with E-state index in [1.165, 1.54) is 0 Å². The predicted octanol–water partition coefficient (Wildman–Crippen LogP) is 14.4. The van der Waals surface area contributed by atoms with Crippen LogP contribution in [0.3, 0.4) is 0 Å². The van der Waals surface area contributed by atoms with E-state index in [1.807, 2.05) is 146 Å². The summed E-state index contributed by atoms with van der Waals surface area (Å²) in [7, 11) is -6.32. The van der Waals surface area contributed by atoms with Crippen LogP contribution in [-0.2, 0) is 9.13 Å². The summed E-state index contributed by atoms with van der Waals surface area (Å²) in [4.78, 5) is 0. The van der Waals surface area contributed by atoms with Crippen LogP contribution < -0.4 is 15.9 Å². The van der Waals surface area contributed by atoms with Crippen molar-refractivity contribution in [3.05, 3.63) is 189 Å². The van der Waals surface area contributed by atoms with Crippen LogP contribution in [-0.4, -0.2) is 12.3 Å². The van der Waals surface area contributed by atoms with Crippen molar-refractivity contribution in [1.29, 1.82) is 0 Å². The van der Waals surface area contributed by atoms with E-state index in [2.05, 4.69) is 81.1 Å². The smallest absolute Gasteiger partial charge is 0.147 e. The summed E-state index contributed by atoms with van der Waals surface area (Å²) in [6.45, 7) is 23.9. The van der Waals surface area contributed by atoms with Gasteiger partial charge in [0.05, 0.1) is 0 Å². The molecule has 0 spiro atoms. The van der Waals surface area contributed by atoms with Gasteiger partial charge in [-0.1, -0.05) is 179 Å². The van der Waals surface area contributed by atoms with Gasteiger partial charge < -0.3 is 9.13 Å². The highest BCUT2D eigenvalue weighted by Gasteiger charge is 2.35. The molecule has 5 aromatic carbocycles. The SMILES string of the molecule is C#C.C/C=C\C=C(/C)P(=O)(C/C=C\C)c1ccc2ccccc2c1-c1c(P(=O)(C/C=C\C)c2ccccc2)ccc2ccccc12.C=CC.C=CC=C.CC. The third kappa shape index (κ3) is 12.2. The third-order valence-electron chi connectivity index (χ3n) is 8.48. The number of allylic oxidation sites excluding steroid dienone is 11. The van der Waals surface area contributed by atoms with Gasteiger partial charge >= 0.3 is 0 Å². The van der Waals surface area contributed by atoms with E-state index in [-0.39, 0.29) is 0 Å². The van der Waals surface area contributed by atoms with E-state index in [0.717, 1.165) is 53.9 Å². The number of fused-ring (bicyclic) bond motifs is 2. The van der Waals surface area contributed by atoms with Crippen LogP contribution in [0.1, 0.15) is 48.5 Å². The lowest BCUT2D eigenvalue weighted by atomic mass is 9.93. The lowest BCUT2D eigenvalue weighted by Gasteiger charge is -2.27. The van der Waals surface area contributed by atoms with Gasteiger partial charge in [0, 0.05) is 39.4 Å². The summed E-state index contributed by atoms with van der Waals surface area (Å²) < 4.78 is 31.1. The minimum Gasteiger partial charge on any atom is -0.314 e. The number of hydrogen-bond acceptors (Lipinski definition) is 2. The second-order valence-electron chi connectivity index (χ2n) is 11.9. The van der Waals surface area contributed by atoms with Gasteiger partial charge in [0.25, 0.3) is 0 Å². The normalized spacial score (nSPS) is 13.1. The van der Waals surface area contributed by atoms with Gasteiger partial charge in [-0.2, -0.15) is 0 Å². The molecule has 0 N–H and O–H groups in total. The molecule has 0 aliphatic rings. The molecule has 2 nitrogen and oxygen atoms in total. The Labute approximate surface area is 333 Å². The minimum atomic E-state index is -3.18. The summed E-state index contributed by atoms with van der Waals surface area (Å²) in [6.07, 6.45) is 27.7. The Kier molecular flexibility index (Phi) is 22.4. The third-order valence-corrected chi connectivity index (χ3v) is 14.7. The molecule has 2 unspecified atom stereocenters. The Morgan fingerprint density at radius 3 is 1.51 bits per heavy atom. The van der Waals surface area contributed by atoms with Gasteiger partial charge in [-0.05, 0) is 73.6 Å². The summed E-state index contributed by atoms with van der Waals surface area (Å²) in [5, 5.41) is 7.38. The fourth-order valence-electron chi connectivity index (χ4n) is 5.96. The number of hydrogen-bond donors (Lipinski definition) is 0. The summed E-state index contributed by atoms with van der Waals surface area (Å²) in [5.41, 5.74) is 1.82. The average molecular weight is 767 g/mol. The Hall–Kier alpha value is -5.18. The molecule has 0 radical (unpaired) electrons. The van der Waals surface area contributed by atoms with Crippen LogP contribution in [0.25, 0.3) is 32.7 Å². The summed E-state index contributed by atoms with van der Waals surface area (Å²) in [6, 6.07) is 34.7. The molecular weight excluding hydrogens is 707 g/mol. The van der Waals surface area contributed by atoms with Crippen molar-refractivity contribution in [3.8, 4) is 24.0 Å². The van der Waals surface area contributed by atoms with Gasteiger partial charge in [-0.3, -0.25) is 0 Å². The zero-order chi connectivity index (χ0) is 41.3. The van der Waals surface area contributed by atoms with Crippen LogP contribution in [0.5, 0.6) is 0 Å². The molecular formula is C51H60O2P2. The zero-order valence-corrected chi connectivity index (χ0v) is 35.8. The van der Waals surface area contributed by atoms with E-state index < -0.39 is 14.3 Å². The molecule has 5 rings (SSSR count). The monoisotopic (exact) mass is 766 g/mol. The molecule has 286 valence electrons. The van der Waals surface area contributed by atoms with Gasteiger partial charge in [0.1, 0.15) is 14.3 Å². The van der Waals surface area contributed by atoms with E-state index in [9.17, 15) is 0 Å². The first-order valence-corrected chi connectivity index (χ1v) is 22.5. The van der Waals surface area contributed by atoms with Crippen LogP contribution in [0.15, 0.2) is 189 Å². The molecule has 0 saturated carbocycles. The summed E-state index contributed by atoms with van der Waals surface area (Å²) >= 11 is 0. The van der Waals surface area contributed by atoms with Gasteiger partial charge in [-0.15, -0.1) is 19.4 Å². The van der Waals surface area contributed by atoms with E-state index in [0.29, 0.717) is 12.3 Å². The molecule has 55 heavy (non-hydrogen) atoms. The van der Waals surface area contributed by atoms with Crippen molar-refractivity contribution >= 4 is 51.7 Å². The summed E-state index contributed by atoms with van der Waals surface area (Å²) in [5.74, 6) is 0. The Bertz CT molecular complexity index is 2210. The number of benzene rings is 5. The molecule has 0 saturated heterocycles. The van der Waals surface area contributed by atoms with Crippen molar-refractivity contribution in [2.75, 3.05) is 12.3 Å². The molecule has 0 aromatic heterocycles. The molecule has 0 heterocycles.